The molecule has 1 aliphatic heterocycles. The van der Waals surface area contributed by atoms with Crippen LogP contribution in [0.25, 0.3) is 20.7 Å². The zero-order chi connectivity index (χ0) is 24.8. The molecule has 0 atom stereocenters. The number of halogens is 1. The summed E-state index contributed by atoms with van der Waals surface area (Å²) in [6.45, 7) is 10.0. The average molecular weight is 557 g/mol. The van der Waals surface area contributed by atoms with Crippen LogP contribution in [0.3, 0.4) is 0 Å². The highest BCUT2D eigenvalue weighted by Gasteiger charge is 2.37. The van der Waals surface area contributed by atoms with Crippen LogP contribution in [0.2, 0.25) is 0 Å². The van der Waals surface area contributed by atoms with Gasteiger partial charge >= 0.3 is 0 Å². The molecule has 1 amide bonds. The summed E-state index contributed by atoms with van der Waals surface area (Å²) in [5.41, 5.74) is 1.89. The molecule has 0 unspecified atom stereocenters. The summed E-state index contributed by atoms with van der Waals surface area (Å²) in [5.74, 6) is 1.31. The number of nitrogens with zero attached hydrogens (tertiary/aromatic N) is 2. The number of hydrogen-bond acceptors (Lipinski definition) is 6. The Balaban J connectivity index is 1.31. The summed E-state index contributed by atoms with van der Waals surface area (Å²) < 4.78 is 1.93. The minimum absolute atomic E-state index is 0.0100. The van der Waals surface area contributed by atoms with Crippen LogP contribution in [0.5, 0.6) is 0 Å². The van der Waals surface area contributed by atoms with Crippen LogP contribution in [0.1, 0.15) is 70.2 Å². The maximum absolute atomic E-state index is 12.7. The fraction of sp³-hybridized carbons (Fsp3) is 0.519. The summed E-state index contributed by atoms with van der Waals surface area (Å²) in [6, 6.07) is 8.34. The van der Waals surface area contributed by atoms with E-state index < -0.39 is 0 Å². The van der Waals surface area contributed by atoms with Crippen molar-refractivity contribution in [1.29, 1.82) is 0 Å². The largest absolute Gasteiger partial charge is 0.354 e. The monoisotopic (exact) mass is 555 g/mol. The van der Waals surface area contributed by atoms with Gasteiger partial charge in [0.2, 0.25) is 5.95 Å². The molecule has 0 spiro atoms. The van der Waals surface area contributed by atoms with Gasteiger partial charge in [0, 0.05) is 45.5 Å². The molecule has 35 heavy (non-hydrogen) atoms. The van der Waals surface area contributed by atoms with E-state index in [1.165, 1.54) is 12.8 Å². The van der Waals surface area contributed by atoms with Crippen LogP contribution in [-0.2, 0) is 0 Å². The Morgan fingerprint density at radius 1 is 1.20 bits per heavy atom. The van der Waals surface area contributed by atoms with Gasteiger partial charge in [0.25, 0.3) is 5.91 Å². The number of nitrogens with one attached hydrogen (secondary N) is 3. The molecule has 1 saturated carbocycles. The number of carbonyl (C=O) groups is 1. The molecule has 0 bridgehead atoms. The highest BCUT2D eigenvalue weighted by molar-refractivity contribution is 9.10. The molecular weight excluding hydrogens is 522 g/mol. The van der Waals surface area contributed by atoms with Gasteiger partial charge in [-0.05, 0) is 99.8 Å². The van der Waals surface area contributed by atoms with Gasteiger partial charge in [-0.3, -0.25) is 4.79 Å². The second-order valence-electron chi connectivity index (χ2n) is 11.3. The first-order valence-corrected chi connectivity index (χ1v) is 14.1. The Morgan fingerprint density at radius 2 is 1.94 bits per heavy atom. The molecule has 3 aromatic rings. The molecule has 1 saturated heterocycles. The van der Waals surface area contributed by atoms with Crippen LogP contribution in [0.4, 0.5) is 5.95 Å². The van der Waals surface area contributed by atoms with Gasteiger partial charge in [0.1, 0.15) is 5.69 Å². The highest BCUT2D eigenvalue weighted by Crippen LogP contribution is 2.38. The van der Waals surface area contributed by atoms with Crippen LogP contribution in [0.15, 0.2) is 34.9 Å². The van der Waals surface area contributed by atoms with E-state index in [1.54, 1.807) is 11.3 Å². The molecule has 8 heteroatoms. The van der Waals surface area contributed by atoms with Gasteiger partial charge in [-0.25, -0.2) is 9.97 Å². The summed E-state index contributed by atoms with van der Waals surface area (Å²) in [6.07, 6.45) is 7.39. The molecular formula is C27H34BrN5OS. The Hall–Kier alpha value is -2.03. The average Bonchev–Trinajstić information content (AvgIpc) is 3.46. The molecule has 5 rings (SSSR count). The van der Waals surface area contributed by atoms with Crippen LogP contribution in [-0.4, -0.2) is 39.5 Å². The fourth-order valence-corrected chi connectivity index (χ4v) is 7.24. The Bertz CT molecular complexity index is 1230. The number of amides is 1. The van der Waals surface area contributed by atoms with E-state index in [4.69, 9.17) is 4.98 Å². The zero-order valence-electron chi connectivity index (χ0n) is 20.9. The Labute approximate surface area is 219 Å². The van der Waals surface area contributed by atoms with Gasteiger partial charge < -0.3 is 16.0 Å². The predicted molar refractivity (Wildman–Crippen MR) is 148 cm³/mol. The summed E-state index contributed by atoms with van der Waals surface area (Å²) in [4.78, 5) is 23.1. The lowest BCUT2D eigenvalue weighted by atomic mass is 9.75. The molecule has 1 aromatic carbocycles. The number of piperidine rings is 1. The molecule has 3 heterocycles. The van der Waals surface area contributed by atoms with Crippen LogP contribution >= 0.6 is 27.3 Å². The van der Waals surface area contributed by atoms with Crippen molar-refractivity contribution < 1.29 is 4.79 Å². The fourth-order valence-electron chi connectivity index (χ4n) is 5.62. The molecule has 0 radical (unpaired) electrons. The highest BCUT2D eigenvalue weighted by atomic mass is 79.9. The molecule has 6 nitrogen and oxygen atoms in total. The van der Waals surface area contributed by atoms with Crippen molar-refractivity contribution in [2.75, 3.05) is 11.9 Å². The second kappa shape index (κ2) is 9.45. The smallest absolute Gasteiger partial charge is 0.252 e. The maximum Gasteiger partial charge on any atom is 0.252 e. The van der Waals surface area contributed by atoms with Crippen molar-refractivity contribution >= 4 is 49.2 Å². The van der Waals surface area contributed by atoms with Gasteiger partial charge in [0.05, 0.1) is 9.35 Å². The SMILES string of the molecule is CC1(C)CC(CCNc2ncc(Br)c(-c3cc4c(C(=O)NC5CC5)cccc4s3)n2)CC(C)(C)N1. The van der Waals surface area contributed by atoms with Crippen molar-refractivity contribution in [2.24, 2.45) is 5.92 Å². The standard InChI is InChI=1S/C27H34BrN5OS/c1-26(2)13-16(14-27(3,4)33-26)10-11-29-25-30-15-20(28)23(32-25)22-12-19-18(6-5-7-21(19)35-22)24(34)31-17-8-9-17/h5-7,12,15-17,33H,8-11,13-14H2,1-4H3,(H,31,34)(H,29,30,32). The van der Waals surface area contributed by atoms with Crippen molar-refractivity contribution in [3.05, 3.63) is 40.5 Å². The first kappa shape index (κ1) is 24.7. The first-order valence-electron chi connectivity index (χ1n) is 12.5. The van der Waals surface area contributed by atoms with Gasteiger partial charge in [0.15, 0.2) is 0 Å². The molecule has 186 valence electrons. The first-order chi connectivity index (χ1) is 16.6. The van der Waals surface area contributed by atoms with E-state index in [2.05, 4.69) is 76.7 Å². The van der Waals surface area contributed by atoms with E-state index in [0.29, 0.717) is 17.9 Å². The summed E-state index contributed by atoms with van der Waals surface area (Å²) >= 11 is 5.29. The van der Waals surface area contributed by atoms with Crippen LogP contribution < -0.4 is 16.0 Å². The van der Waals surface area contributed by atoms with E-state index in [-0.39, 0.29) is 17.0 Å². The predicted octanol–water partition coefficient (Wildman–Crippen LogP) is 6.37. The third-order valence-electron chi connectivity index (χ3n) is 6.81. The number of hydrogen-bond donors (Lipinski definition) is 3. The number of anilines is 1. The molecule has 2 fully saturated rings. The normalized spacial score (nSPS) is 19.6. The van der Waals surface area contributed by atoms with Gasteiger partial charge in [-0.15, -0.1) is 11.3 Å². The molecule has 1 aliphatic carbocycles. The van der Waals surface area contributed by atoms with E-state index >= 15 is 0 Å². The van der Waals surface area contributed by atoms with E-state index in [1.807, 2.05) is 18.3 Å². The van der Waals surface area contributed by atoms with Crippen molar-refractivity contribution in [3.8, 4) is 10.6 Å². The third-order valence-corrected chi connectivity index (χ3v) is 8.49. The maximum atomic E-state index is 12.7. The van der Waals surface area contributed by atoms with Crippen molar-refractivity contribution in [2.45, 2.75) is 76.9 Å². The Kier molecular flexibility index (Phi) is 6.66. The van der Waals surface area contributed by atoms with Crippen molar-refractivity contribution in [3.63, 3.8) is 0 Å². The molecule has 3 N–H and O–H groups in total. The van der Waals surface area contributed by atoms with Gasteiger partial charge in [-0.2, -0.15) is 0 Å². The number of aromatic nitrogens is 2. The Morgan fingerprint density at radius 3 is 2.66 bits per heavy atom. The zero-order valence-corrected chi connectivity index (χ0v) is 23.3. The molecule has 2 aliphatic rings. The third kappa shape index (κ3) is 5.87. The minimum atomic E-state index is 0.0100. The van der Waals surface area contributed by atoms with E-state index in [0.717, 1.165) is 56.5 Å². The molecule has 2 aromatic heterocycles. The van der Waals surface area contributed by atoms with E-state index in [9.17, 15) is 4.79 Å². The topological polar surface area (TPSA) is 78.9 Å². The van der Waals surface area contributed by atoms with Crippen LogP contribution in [0, 0.1) is 5.92 Å². The lowest BCUT2D eigenvalue weighted by Crippen LogP contribution is -2.57. The number of benzene rings is 1. The quantitative estimate of drug-likeness (QED) is 0.315. The number of fused-ring (bicyclic) bond motifs is 1. The summed E-state index contributed by atoms with van der Waals surface area (Å²) in [5, 5.41) is 11.3. The lowest BCUT2D eigenvalue weighted by Gasteiger charge is -2.46. The second-order valence-corrected chi connectivity index (χ2v) is 13.3. The van der Waals surface area contributed by atoms with Crippen molar-refractivity contribution in [1.82, 2.24) is 20.6 Å². The number of carbonyl (C=O) groups excluding carboxylic acids is 1. The summed E-state index contributed by atoms with van der Waals surface area (Å²) in [7, 11) is 0. The number of rotatable bonds is 7. The number of thiophene rings is 1. The van der Waals surface area contributed by atoms with Gasteiger partial charge in [-0.1, -0.05) is 6.07 Å². The minimum Gasteiger partial charge on any atom is -0.354 e. The lowest BCUT2D eigenvalue weighted by molar-refractivity contribution is 0.0952.